The van der Waals surface area contributed by atoms with Crippen LogP contribution in [0.2, 0.25) is 0 Å². The highest BCUT2D eigenvalue weighted by molar-refractivity contribution is 5.99. The number of hydrogen-bond donors (Lipinski definition) is 1. The highest BCUT2D eigenvalue weighted by Crippen LogP contribution is 2.43. The zero-order valence-corrected chi connectivity index (χ0v) is 35.4. The van der Waals surface area contributed by atoms with Crippen molar-refractivity contribution in [1.29, 1.82) is 0 Å². The van der Waals surface area contributed by atoms with Crippen molar-refractivity contribution in [3.63, 3.8) is 0 Å². The molecule has 0 atom stereocenters. The zero-order chi connectivity index (χ0) is 45.6. The van der Waals surface area contributed by atoms with Crippen LogP contribution in [-0.4, -0.2) is 19.6 Å². The van der Waals surface area contributed by atoms with Crippen molar-refractivity contribution in [1.82, 2.24) is 14.5 Å². The van der Waals surface area contributed by atoms with Gasteiger partial charge in [0.25, 0.3) is 0 Å². The van der Waals surface area contributed by atoms with E-state index < -0.39 is 6.85 Å². The van der Waals surface area contributed by atoms with Crippen molar-refractivity contribution < 1.29 is 9.22 Å². The molecular formula is C59H47N3O. The largest absolute Gasteiger partial charge is 0.507 e. The Morgan fingerprint density at radius 2 is 1.08 bits per heavy atom. The topological polar surface area (TPSA) is 50.9 Å². The summed E-state index contributed by atoms with van der Waals surface area (Å²) >= 11 is 0. The summed E-state index contributed by atoms with van der Waals surface area (Å²) in [5, 5.41) is 11.6. The molecule has 0 aliphatic heterocycles. The number of hydrogen-bond acceptors (Lipinski definition) is 3. The van der Waals surface area contributed by atoms with Gasteiger partial charge >= 0.3 is 0 Å². The number of phenolic OH excluding ortho intramolecular Hbond substituents is 1. The van der Waals surface area contributed by atoms with Gasteiger partial charge in [-0.25, -0.2) is 4.98 Å². The molecule has 8 aromatic carbocycles. The van der Waals surface area contributed by atoms with Crippen LogP contribution in [0.25, 0.3) is 95.0 Å². The highest BCUT2D eigenvalue weighted by Gasteiger charge is 2.24. The van der Waals surface area contributed by atoms with Gasteiger partial charge in [-0.15, -0.1) is 0 Å². The number of nitrogens with zero attached hydrogens (tertiary/aromatic N) is 3. The molecular weight excluding hydrogens is 767 g/mol. The molecule has 0 unspecified atom stereocenters. The number of pyridine rings is 1. The van der Waals surface area contributed by atoms with Crippen LogP contribution in [0.4, 0.5) is 0 Å². The van der Waals surface area contributed by atoms with Crippen LogP contribution in [0.1, 0.15) is 36.0 Å². The Labute approximate surface area is 373 Å². The van der Waals surface area contributed by atoms with Gasteiger partial charge in [0.15, 0.2) is 0 Å². The van der Waals surface area contributed by atoms with E-state index in [-0.39, 0.29) is 16.7 Å². The first-order chi connectivity index (χ1) is 31.9. The van der Waals surface area contributed by atoms with Crippen molar-refractivity contribution in [3.05, 3.63) is 218 Å². The molecule has 63 heavy (non-hydrogen) atoms. The number of phenols is 1. The lowest BCUT2D eigenvalue weighted by molar-refractivity contribution is 0.477. The molecule has 2 aromatic heterocycles. The predicted octanol–water partition coefficient (Wildman–Crippen LogP) is 15.4. The van der Waals surface area contributed by atoms with Crippen molar-refractivity contribution in [2.24, 2.45) is 0 Å². The summed E-state index contributed by atoms with van der Waals surface area (Å²) in [6, 6.07) is 66.7. The molecule has 10 rings (SSSR count). The van der Waals surface area contributed by atoms with Gasteiger partial charge in [0.1, 0.15) is 11.6 Å². The lowest BCUT2D eigenvalue weighted by Crippen LogP contribution is -2.10. The number of aromatic nitrogens is 3. The molecule has 0 saturated carbocycles. The Balaban J connectivity index is 1.25. The van der Waals surface area contributed by atoms with Crippen molar-refractivity contribution in [3.8, 4) is 89.7 Å². The fourth-order valence-electron chi connectivity index (χ4n) is 8.56. The fraction of sp³-hybridized carbons (Fsp3) is 0.0847. The van der Waals surface area contributed by atoms with Gasteiger partial charge in [-0.3, -0.25) is 9.55 Å². The van der Waals surface area contributed by atoms with Crippen molar-refractivity contribution in [2.45, 2.75) is 33.0 Å². The quantitative estimate of drug-likeness (QED) is 0.166. The minimum absolute atomic E-state index is 0.0567. The lowest BCUT2D eigenvalue weighted by Gasteiger charge is -2.21. The Morgan fingerprint density at radius 1 is 0.476 bits per heavy atom. The van der Waals surface area contributed by atoms with Gasteiger partial charge in [-0.1, -0.05) is 160 Å². The zero-order valence-electron chi connectivity index (χ0n) is 38.4. The van der Waals surface area contributed by atoms with Gasteiger partial charge in [-0.2, -0.15) is 0 Å². The summed E-state index contributed by atoms with van der Waals surface area (Å²) in [4.78, 5) is 10.3. The second-order valence-corrected chi connectivity index (χ2v) is 17.0. The molecule has 304 valence electrons. The van der Waals surface area contributed by atoms with Crippen LogP contribution in [0, 0.1) is 6.85 Å². The van der Waals surface area contributed by atoms with Gasteiger partial charge in [-0.05, 0) is 129 Å². The molecule has 1 N–H and O–H groups in total. The van der Waals surface area contributed by atoms with E-state index in [1.807, 2.05) is 126 Å². The summed E-state index contributed by atoms with van der Waals surface area (Å²) < 4.78 is 28.9. The predicted molar refractivity (Wildman–Crippen MR) is 262 cm³/mol. The van der Waals surface area contributed by atoms with E-state index in [1.54, 1.807) is 18.2 Å². The Bertz CT molecular complexity index is 3370. The average molecular weight is 817 g/mol. The molecule has 0 saturated heterocycles. The SMILES string of the molecule is [2H]C([2H])([2H])c1cc(-n2c(-c3ccccc3O)nc3c(-c4cc(-c5ccccc5)cc(-c5cc(-c6ccccc6)ccn5)c4)cccc32)c(-c2ccccc2)cc1-c1ccc(C(C)(C)C)cc1. The second kappa shape index (κ2) is 16.2. The van der Waals surface area contributed by atoms with Crippen LogP contribution < -0.4 is 0 Å². The van der Waals surface area contributed by atoms with Crippen molar-refractivity contribution >= 4 is 11.0 Å². The summed E-state index contributed by atoms with van der Waals surface area (Å²) in [7, 11) is 0. The first-order valence-corrected chi connectivity index (χ1v) is 21.3. The third-order valence-electron chi connectivity index (χ3n) is 11.9. The summed E-state index contributed by atoms with van der Waals surface area (Å²) in [6.45, 7) is 4.03. The second-order valence-electron chi connectivity index (χ2n) is 17.0. The molecule has 10 aromatic rings. The molecule has 4 nitrogen and oxygen atoms in total. The number of benzene rings is 8. The third kappa shape index (κ3) is 7.62. The first kappa shape index (κ1) is 35.9. The summed E-state index contributed by atoms with van der Waals surface area (Å²) in [6.07, 6.45) is 1.86. The molecule has 4 heteroatoms. The van der Waals surface area contributed by atoms with Gasteiger partial charge in [0.2, 0.25) is 0 Å². The maximum absolute atomic E-state index is 11.6. The Kier molecular flexibility index (Phi) is 9.24. The first-order valence-electron chi connectivity index (χ1n) is 22.8. The Hall–Kier alpha value is -7.82. The standard InChI is InChI=1S/C59H47N3O/c1-39-33-55(52(42-21-12-7-13-22-42)38-51(39)43-27-29-48(30-28-43)59(2,3)4)62-54-25-16-24-49(57(54)61-58(62)50-23-14-15-26-56(50)63)46-34-45(41-19-10-6-11-20-41)35-47(36-46)53-37-44(31-32-60-53)40-17-8-5-9-18-40/h5-38,63H,1-4H3/i1D3. The van der Waals surface area contributed by atoms with E-state index >= 15 is 0 Å². The Morgan fingerprint density at radius 3 is 1.76 bits per heavy atom. The fourth-order valence-corrected chi connectivity index (χ4v) is 8.56. The van der Waals surface area contributed by atoms with E-state index in [2.05, 4.69) is 87.5 Å². The van der Waals surface area contributed by atoms with E-state index in [0.29, 0.717) is 28.2 Å². The summed E-state index contributed by atoms with van der Waals surface area (Å²) in [5.41, 5.74) is 14.9. The molecule has 0 radical (unpaired) electrons. The van der Waals surface area contributed by atoms with Crippen LogP contribution in [0.15, 0.2) is 206 Å². The lowest BCUT2D eigenvalue weighted by atomic mass is 9.85. The number of aromatic hydroxyl groups is 1. The minimum atomic E-state index is -2.47. The van der Waals surface area contributed by atoms with E-state index in [0.717, 1.165) is 72.4 Å². The van der Waals surface area contributed by atoms with Crippen molar-refractivity contribution in [2.75, 3.05) is 0 Å². The number of imidazole rings is 1. The van der Waals surface area contributed by atoms with Crippen LogP contribution in [0.3, 0.4) is 0 Å². The van der Waals surface area contributed by atoms with Crippen LogP contribution in [-0.2, 0) is 5.41 Å². The number of rotatable bonds is 8. The van der Waals surface area contributed by atoms with Gasteiger partial charge in [0, 0.05) is 27.0 Å². The van der Waals surface area contributed by atoms with Gasteiger partial charge in [0.05, 0.1) is 28.0 Å². The van der Waals surface area contributed by atoms with Gasteiger partial charge < -0.3 is 5.11 Å². The normalized spacial score (nSPS) is 12.5. The monoisotopic (exact) mass is 816 g/mol. The molecule has 2 heterocycles. The molecule has 0 amide bonds. The minimum Gasteiger partial charge on any atom is -0.507 e. The maximum Gasteiger partial charge on any atom is 0.149 e. The molecule has 0 aliphatic carbocycles. The molecule has 0 aliphatic rings. The molecule has 0 spiro atoms. The van der Waals surface area contributed by atoms with Crippen LogP contribution in [0.5, 0.6) is 5.75 Å². The van der Waals surface area contributed by atoms with E-state index in [9.17, 15) is 5.11 Å². The number of aryl methyl sites for hydroxylation is 1. The van der Waals surface area contributed by atoms with Crippen LogP contribution >= 0.6 is 0 Å². The number of para-hydroxylation sites is 2. The molecule has 0 bridgehead atoms. The highest BCUT2D eigenvalue weighted by atomic mass is 16.3. The number of fused-ring (bicyclic) bond motifs is 1. The maximum atomic E-state index is 11.6. The smallest absolute Gasteiger partial charge is 0.149 e. The third-order valence-corrected chi connectivity index (χ3v) is 11.9. The summed E-state index contributed by atoms with van der Waals surface area (Å²) in [5.74, 6) is 0.532. The molecule has 0 fully saturated rings. The van der Waals surface area contributed by atoms with E-state index in [4.69, 9.17) is 14.1 Å². The average Bonchev–Trinajstić information content (AvgIpc) is 3.73. The van der Waals surface area contributed by atoms with E-state index in [1.165, 1.54) is 0 Å².